The predicted octanol–water partition coefficient (Wildman–Crippen LogP) is 4.10. The summed E-state index contributed by atoms with van der Waals surface area (Å²) in [6.45, 7) is 2.76. The molecule has 1 aromatic rings. The maximum atomic E-state index is 9.49. The molecule has 2 rings (SSSR count). The van der Waals surface area contributed by atoms with Crippen LogP contribution in [-0.4, -0.2) is 6.61 Å². The van der Waals surface area contributed by atoms with Gasteiger partial charge in [0, 0.05) is 0 Å². The van der Waals surface area contributed by atoms with Crippen molar-refractivity contribution in [2.75, 3.05) is 6.61 Å². The quantitative estimate of drug-likeness (QED) is 0.729. The fourth-order valence-corrected chi connectivity index (χ4v) is 2.60. The molecule has 1 aliphatic rings. The van der Waals surface area contributed by atoms with Crippen LogP contribution in [0.4, 0.5) is 0 Å². The molecule has 2 heteroatoms. The lowest BCUT2D eigenvalue weighted by Gasteiger charge is -2.32. The number of nitriles is 1. The molecule has 0 N–H and O–H groups in total. The Morgan fingerprint density at radius 3 is 2.89 bits per heavy atom. The summed E-state index contributed by atoms with van der Waals surface area (Å²) in [7, 11) is 0. The third kappa shape index (κ3) is 2.85. The molecule has 1 atom stereocenters. The van der Waals surface area contributed by atoms with Crippen LogP contribution in [0.15, 0.2) is 24.3 Å². The number of para-hydroxylation sites is 1. The molecule has 1 unspecified atom stereocenters. The molecule has 1 heterocycles. The van der Waals surface area contributed by atoms with Crippen molar-refractivity contribution in [3.05, 3.63) is 29.8 Å². The van der Waals surface area contributed by atoms with Crippen molar-refractivity contribution in [3.8, 4) is 11.8 Å². The minimum atomic E-state index is -0.303. The molecule has 0 fully saturated rings. The van der Waals surface area contributed by atoms with Gasteiger partial charge in [0.05, 0.1) is 11.5 Å². The van der Waals surface area contributed by atoms with Gasteiger partial charge in [-0.05, 0) is 24.5 Å². The lowest BCUT2D eigenvalue weighted by atomic mass is 9.77. The van der Waals surface area contributed by atoms with Gasteiger partial charge in [0.1, 0.15) is 12.4 Å². The molecule has 2 nitrogen and oxygen atoms in total. The minimum absolute atomic E-state index is 0.303. The summed E-state index contributed by atoms with van der Waals surface area (Å²) in [5, 5.41) is 9.49. The summed E-state index contributed by atoms with van der Waals surface area (Å²) in [6.07, 6.45) is 6.65. The Bertz CT molecular complexity index is 435. The third-order valence-electron chi connectivity index (χ3n) is 3.75. The minimum Gasteiger partial charge on any atom is -0.492 e. The van der Waals surface area contributed by atoms with Crippen molar-refractivity contribution < 1.29 is 4.74 Å². The molecule has 0 radical (unpaired) electrons. The number of benzene rings is 1. The second-order valence-corrected chi connectivity index (χ2v) is 5.28. The summed E-state index contributed by atoms with van der Waals surface area (Å²) < 4.78 is 5.76. The lowest BCUT2D eigenvalue weighted by Crippen LogP contribution is -2.33. The summed E-state index contributed by atoms with van der Waals surface area (Å²) >= 11 is 0. The number of hydrogen-bond donors (Lipinski definition) is 0. The normalized spacial score (nSPS) is 21.8. The molecule has 96 valence electrons. The molecule has 0 spiro atoms. The van der Waals surface area contributed by atoms with Crippen LogP contribution in [0.1, 0.15) is 44.6 Å². The first kappa shape index (κ1) is 13.0. The monoisotopic (exact) mass is 243 g/mol. The number of fused-ring (bicyclic) bond motifs is 1. The fraction of sp³-hybridized carbons (Fsp3) is 0.562. The standard InChI is InChI=1S/C16H21NO/c1-2-3-4-7-10-16(12-17)11-14-8-5-6-9-15(14)18-13-16/h5-6,8-9H,2-4,7,10-11,13H2,1H3. The van der Waals surface area contributed by atoms with E-state index in [9.17, 15) is 5.26 Å². The number of hydrogen-bond acceptors (Lipinski definition) is 2. The zero-order valence-corrected chi connectivity index (χ0v) is 11.1. The zero-order valence-electron chi connectivity index (χ0n) is 11.1. The van der Waals surface area contributed by atoms with Crippen LogP contribution in [0.25, 0.3) is 0 Å². The van der Waals surface area contributed by atoms with E-state index in [0.717, 1.165) is 25.0 Å². The first-order chi connectivity index (χ1) is 8.79. The molecular formula is C16H21NO. The molecule has 0 amide bonds. The van der Waals surface area contributed by atoms with Crippen LogP contribution in [0, 0.1) is 16.7 Å². The largest absolute Gasteiger partial charge is 0.492 e. The Balaban J connectivity index is 2.01. The van der Waals surface area contributed by atoms with Gasteiger partial charge < -0.3 is 4.74 Å². The summed E-state index contributed by atoms with van der Waals surface area (Å²) in [4.78, 5) is 0. The van der Waals surface area contributed by atoms with E-state index in [1.165, 1.54) is 24.8 Å². The lowest BCUT2D eigenvalue weighted by molar-refractivity contribution is 0.157. The molecule has 1 aromatic carbocycles. The van der Waals surface area contributed by atoms with Crippen LogP contribution < -0.4 is 4.74 Å². The number of nitrogens with zero attached hydrogens (tertiary/aromatic N) is 1. The molecule has 0 saturated heterocycles. The van der Waals surface area contributed by atoms with Gasteiger partial charge in [-0.2, -0.15) is 5.26 Å². The number of ether oxygens (including phenoxy) is 1. The first-order valence-electron chi connectivity index (χ1n) is 6.92. The number of unbranched alkanes of at least 4 members (excludes halogenated alkanes) is 3. The Morgan fingerprint density at radius 1 is 1.28 bits per heavy atom. The van der Waals surface area contributed by atoms with Gasteiger partial charge in [-0.15, -0.1) is 0 Å². The van der Waals surface area contributed by atoms with Crippen LogP contribution in [0.3, 0.4) is 0 Å². The molecule has 0 aliphatic carbocycles. The van der Waals surface area contributed by atoms with E-state index < -0.39 is 0 Å². The smallest absolute Gasteiger partial charge is 0.122 e. The second kappa shape index (κ2) is 5.91. The van der Waals surface area contributed by atoms with Crippen LogP contribution in [0.5, 0.6) is 5.75 Å². The topological polar surface area (TPSA) is 33.0 Å². The van der Waals surface area contributed by atoms with Crippen molar-refractivity contribution in [1.82, 2.24) is 0 Å². The van der Waals surface area contributed by atoms with Crippen LogP contribution >= 0.6 is 0 Å². The van der Waals surface area contributed by atoms with E-state index in [2.05, 4.69) is 19.1 Å². The van der Waals surface area contributed by atoms with Gasteiger partial charge in [-0.25, -0.2) is 0 Å². The van der Waals surface area contributed by atoms with Gasteiger partial charge in [-0.1, -0.05) is 50.8 Å². The number of rotatable bonds is 5. The van der Waals surface area contributed by atoms with Gasteiger partial charge in [-0.3, -0.25) is 0 Å². The average Bonchev–Trinajstić information content (AvgIpc) is 2.43. The van der Waals surface area contributed by atoms with Gasteiger partial charge in [0.2, 0.25) is 0 Å². The zero-order chi connectivity index (χ0) is 12.8. The van der Waals surface area contributed by atoms with E-state index in [4.69, 9.17) is 4.74 Å². The maximum Gasteiger partial charge on any atom is 0.122 e. The fourth-order valence-electron chi connectivity index (χ4n) is 2.60. The van der Waals surface area contributed by atoms with Crippen LogP contribution in [-0.2, 0) is 6.42 Å². The molecular weight excluding hydrogens is 222 g/mol. The van der Waals surface area contributed by atoms with Crippen molar-refractivity contribution in [1.29, 1.82) is 5.26 Å². The Kier molecular flexibility index (Phi) is 4.25. The summed E-state index contributed by atoms with van der Waals surface area (Å²) in [6, 6.07) is 10.6. The predicted molar refractivity (Wildman–Crippen MR) is 72.4 cm³/mol. The van der Waals surface area contributed by atoms with Crippen LogP contribution in [0.2, 0.25) is 0 Å². The van der Waals surface area contributed by atoms with E-state index in [1.807, 2.05) is 18.2 Å². The van der Waals surface area contributed by atoms with Crippen molar-refractivity contribution >= 4 is 0 Å². The Labute approximate surface area is 110 Å². The molecule has 0 bridgehead atoms. The maximum absolute atomic E-state index is 9.49. The van der Waals surface area contributed by atoms with E-state index >= 15 is 0 Å². The third-order valence-corrected chi connectivity index (χ3v) is 3.75. The SMILES string of the molecule is CCCCCCC1(C#N)COc2ccccc2C1. The Morgan fingerprint density at radius 2 is 2.11 bits per heavy atom. The molecule has 1 aliphatic heterocycles. The second-order valence-electron chi connectivity index (χ2n) is 5.28. The van der Waals surface area contributed by atoms with Gasteiger partial charge in [0.25, 0.3) is 0 Å². The van der Waals surface area contributed by atoms with Gasteiger partial charge >= 0.3 is 0 Å². The highest BCUT2D eigenvalue weighted by Gasteiger charge is 2.35. The highest BCUT2D eigenvalue weighted by atomic mass is 16.5. The van der Waals surface area contributed by atoms with E-state index in [1.54, 1.807) is 0 Å². The molecule has 18 heavy (non-hydrogen) atoms. The van der Waals surface area contributed by atoms with Crippen molar-refractivity contribution in [2.24, 2.45) is 5.41 Å². The van der Waals surface area contributed by atoms with E-state index in [0.29, 0.717) is 6.61 Å². The van der Waals surface area contributed by atoms with E-state index in [-0.39, 0.29) is 5.41 Å². The Hall–Kier alpha value is -1.49. The summed E-state index contributed by atoms with van der Waals surface area (Å²) in [5.41, 5.74) is 0.878. The summed E-state index contributed by atoms with van der Waals surface area (Å²) in [5.74, 6) is 0.955. The molecule has 0 aromatic heterocycles. The highest BCUT2D eigenvalue weighted by molar-refractivity contribution is 5.37. The van der Waals surface area contributed by atoms with Gasteiger partial charge in [0.15, 0.2) is 0 Å². The van der Waals surface area contributed by atoms with Crippen molar-refractivity contribution in [3.63, 3.8) is 0 Å². The highest BCUT2D eigenvalue weighted by Crippen LogP contribution is 2.37. The first-order valence-corrected chi connectivity index (χ1v) is 6.92. The molecule has 0 saturated carbocycles. The van der Waals surface area contributed by atoms with Crippen molar-refractivity contribution in [2.45, 2.75) is 45.4 Å². The average molecular weight is 243 g/mol.